The predicted molar refractivity (Wildman–Crippen MR) is 298 cm³/mol. The number of aliphatic hydroxyl groups excluding tert-OH is 9. The molecule has 6 aliphatic rings. The summed E-state index contributed by atoms with van der Waals surface area (Å²) in [5.74, 6) is -2.23. The molecule has 6 rings (SSSR count). The van der Waals surface area contributed by atoms with E-state index in [9.17, 15) is 60.3 Å². The van der Waals surface area contributed by atoms with Crippen LogP contribution in [0.3, 0.4) is 0 Å². The van der Waals surface area contributed by atoms with Crippen LogP contribution in [0.1, 0.15) is 196 Å². The molecule has 26 atom stereocenters. The van der Waals surface area contributed by atoms with Crippen LogP contribution in [-0.4, -0.2) is 230 Å². The molecular formula is C60H104O25. The third kappa shape index (κ3) is 20.3. The van der Waals surface area contributed by atoms with E-state index in [1.54, 1.807) is 6.92 Å². The summed E-state index contributed by atoms with van der Waals surface area (Å²) in [6.45, 7) is 10.7. The summed E-state index contributed by atoms with van der Waals surface area (Å²) in [5, 5.41) is 102. The van der Waals surface area contributed by atoms with Gasteiger partial charge in [-0.3, -0.25) is 14.4 Å². The molecule has 85 heavy (non-hydrogen) atoms. The fourth-order valence-corrected chi connectivity index (χ4v) is 12.1. The number of esters is 3. The molecule has 0 aromatic heterocycles. The lowest BCUT2D eigenvalue weighted by Gasteiger charge is -2.50. The van der Waals surface area contributed by atoms with E-state index >= 15 is 0 Å². The standard InChI is InChI=1S/C60H104O25/c1-8-10-12-13-14-15-18-21-25-29-39(63)80-53-47(71)51(83-60-55(46(70)49(33(4)74-60)77-36(7)62)84-56-45(69)43(67)42(66)38(31-61)79-56)34(5)75-58(53)82-50-35(6)76-59-54(48(50)72)81-40(64)30-26-22-19-16-17-20-24-28-37(27-23-11-9-2)78-57-52(85-59)44(68)41(65)32(3)73-57/h32-35,37-38,41-61,65-72H,8-31H2,1-7H3/t32-,33+,34+,35+,37+,38-,41-,42-,43+,44+,45-,46-,47-,48-,49+,50+,51+,52-,53-,54-,55-,56+,57+,58+,59+,60+/m1/s1. The van der Waals surface area contributed by atoms with Crippen molar-refractivity contribution in [2.24, 2.45) is 0 Å². The maximum atomic E-state index is 13.9. The van der Waals surface area contributed by atoms with Gasteiger partial charge in [-0.1, -0.05) is 123 Å². The zero-order valence-electron chi connectivity index (χ0n) is 51.0. The van der Waals surface area contributed by atoms with Crippen LogP contribution >= 0.6 is 0 Å². The first kappa shape index (κ1) is 71.7. The highest BCUT2D eigenvalue weighted by atomic mass is 16.8. The van der Waals surface area contributed by atoms with Gasteiger partial charge in [0.05, 0.1) is 37.1 Å². The van der Waals surface area contributed by atoms with Crippen molar-refractivity contribution in [2.45, 2.75) is 356 Å². The molecule has 0 amide bonds. The van der Waals surface area contributed by atoms with E-state index in [-0.39, 0.29) is 18.9 Å². The van der Waals surface area contributed by atoms with Gasteiger partial charge in [0, 0.05) is 19.8 Å². The first-order chi connectivity index (χ1) is 40.7. The van der Waals surface area contributed by atoms with Crippen molar-refractivity contribution in [3.05, 3.63) is 0 Å². The maximum absolute atomic E-state index is 13.9. The number of rotatable bonds is 23. The highest BCUT2D eigenvalue weighted by molar-refractivity contribution is 5.70. The lowest BCUT2D eigenvalue weighted by molar-refractivity contribution is -0.395. The third-order valence-corrected chi connectivity index (χ3v) is 17.2. The summed E-state index contributed by atoms with van der Waals surface area (Å²) in [7, 11) is 0. The van der Waals surface area contributed by atoms with Crippen molar-refractivity contribution in [1.82, 2.24) is 0 Å². The largest absolute Gasteiger partial charge is 0.457 e. The second-order valence-electron chi connectivity index (χ2n) is 24.2. The fourth-order valence-electron chi connectivity index (χ4n) is 12.1. The van der Waals surface area contributed by atoms with Crippen molar-refractivity contribution >= 4 is 17.9 Å². The molecule has 0 aromatic rings. The Morgan fingerprint density at radius 2 is 1.00 bits per heavy atom. The molecular weight excluding hydrogens is 1120 g/mol. The summed E-state index contributed by atoms with van der Waals surface area (Å²) in [6, 6.07) is 0. The van der Waals surface area contributed by atoms with Crippen LogP contribution in [0, 0.1) is 0 Å². The van der Waals surface area contributed by atoms with E-state index < -0.39 is 178 Å². The molecule has 0 spiro atoms. The zero-order chi connectivity index (χ0) is 61.9. The SMILES string of the molecule is CCCCCCCCCCCC(=O)O[C@H]1[C@H](O[C@@H]2[C@@H](O)[C@H]3OC(=O)CCCCCCCCC[C@H](CCCCC)O[C@@H]4O[C@H](C)[C@@H](O)[C@H](O)[C@H]4O[C@@H]3O[C@H]2C)O[C@@H](C)[C@H](O[C@@H]2O[C@@H](C)[C@H](OC(C)=O)[C@@H](O)[C@H]2O[C@@H]2O[C@H](CO)[C@@H](O)[C@H](O)[C@H]2O)[C@H]1O. The summed E-state index contributed by atoms with van der Waals surface area (Å²) >= 11 is 0. The summed E-state index contributed by atoms with van der Waals surface area (Å²) in [5.41, 5.74) is 0. The highest BCUT2D eigenvalue weighted by Gasteiger charge is 2.58. The number of aliphatic hydroxyl groups is 9. The number of hydrogen-bond donors (Lipinski definition) is 9. The highest BCUT2D eigenvalue weighted by Crippen LogP contribution is 2.39. The number of unbranched alkanes of at least 4 members (excludes halogenated alkanes) is 10. The molecule has 6 saturated heterocycles. The van der Waals surface area contributed by atoms with Gasteiger partial charge in [-0.05, 0) is 53.4 Å². The molecule has 0 radical (unpaired) electrons. The third-order valence-electron chi connectivity index (χ3n) is 17.2. The maximum Gasteiger partial charge on any atom is 0.306 e. The Labute approximate surface area is 500 Å². The second kappa shape index (κ2) is 35.9. The van der Waals surface area contributed by atoms with Crippen LogP contribution in [0.5, 0.6) is 0 Å². The normalized spacial score (nSPS) is 42.0. The molecule has 494 valence electrons. The number of ether oxygens (including phenoxy) is 13. The molecule has 0 unspecified atom stereocenters. The van der Waals surface area contributed by atoms with Crippen molar-refractivity contribution in [1.29, 1.82) is 0 Å². The molecule has 25 heteroatoms. The number of carbonyl (C=O) groups excluding carboxylic acids is 3. The minimum absolute atomic E-state index is 0.0132. The van der Waals surface area contributed by atoms with Gasteiger partial charge in [0.15, 0.2) is 49.8 Å². The molecule has 6 heterocycles. The van der Waals surface area contributed by atoms with Gasteiger partial charge in [0.1, 0.15) is 79.4 Å². The van der Waals surface area contributed by atoms with Crippen LogP contribution in [0.15, 0.2) is 0 Å². The van der Waals surface area contributed by atoms with Crippen LogP contribution in [0.25, 0.3) is 0 Å². The molecule has 0 saturated carbocycles. The summed E-state index contributed by atoms with van der Waals surface area (Å²) in [6.07, 6.45) is -20.2. The van der Waals surface area contributed by atoms with Crippen molar-refractivity contribution < 1.29 is 122 Å². The zero-order valence-corrected chi connectivity index (χ0v) is 51.0. The number of hydrogen-bond acceptors (Lipinski definition) is 25. The minimum Gasteiger partial charge on any atom is -0.457 e. The number of carbonyl (C=O) groups is 3. The van der Waals surface area contributed by atoms with E-state index in [1.807, 2.05) is 0 Å². The van der Waals surface area contributed by atoms with E-state index in [0.717, 1.165) is 122 Å². The van der Waals surface area contributed by atoms with E-state index in [4.69, 9.17) is 61.6 Å². The number of fused-ring (bicyclic) bond motifs is 2. The van der Waals surface area contributed by atoms with Crippen molar-refractivity contribution in [2.75, 3.05) is 6.61 Å². The Balaban J connectivity index is 1.27. The first-order valence-corrected chi connectivity index (χ1v) is 31.8. The fraction of sp³-hybridized carbons (Fsp3) is 0.950. The summed E-state index contributed by atoms with van der Waals surface area (Å²) < 4.78 is 80.4. The lowest BCUT2D eigenvalue weighted by Crippen LogP contribution is -2.67. The molecule has 9 N–H and O–H groups in total. The Morgan fingerprint density at radius 3 is 1.65 bits per heavy atom. The quantitative estimate of drug-likeness (QED) is 0.0403. The first-order valence-electron chi connectivity index (χ1n) is 31.8. The van der Waals surface area contributed by atoms with Gasteiger partial charge in [-0.25, -0.2) is 0 Å². The average molecular weight is 1230 g/mol. The topological polar surface area (TPSA) is 353 Å². The van der Waals surface area contributed by atoms with Gasteiger partial charge in [0.25, 0.3) is 0 Å². The Kier molecular flexibility index (Phi) is 30.3. The van der Waals surface area contributed by atoms with E-state index in [2.05, 4.69) is 13.8 Å². The van der Waals surface area contributed by atoms with Gasteiger partial charge >= 0.3 is 17.9 Å². The Hall–Kier alpha value is -2.35. The summed E-state index contributed by atoms with van der Waals surface area (Å²) in [4.78, 5) is 39.9. The van der Waals surface area contributed by atoms with E-state index in [1.165, 1.54) is 27.2 Å². The van der Waals surface area contributed by atoms with Crippen LogP contribution in [-0.2, 0) is 76.0 Å². The monoisotopic (exact) mass is 1220 g/mol. The van der Waals surface area contributed by atoms with Gasteiger partial charge < -0.3 is 108 Å². The average Bonchev–Trinajstić information content (AvgIpc) is 2.63. The van der Waals surface area contributed by atoms with Gasteiger partial charge in [0.2, 0.25) is 0 Å². The molecule has 25 nitrogen and oxygen atoms in total. The van der Waals surface area contributed by atoms with Crippen LogP contribution in [0.2, 0.25) is 0 Å². The lowest BCUT2D eigenvalue weighted by atomic mass is 9.95. The van der Waals surface area contributed by atoms with Gasteiger partial charge in [-0.15, -0.1) is 0 Å². The van der Waals surface area contributed by atoms with Crippen LogP contribution < -0.4 is 0 Å². The van der Waals surface area contributed by atoms with Gasteiger partial charge in [-0.2, -0.15) is 0 Å². The minimum atomic E-state index is -1.95. The molecule has 0 aromatic carbocycles. The van der Waals surface area contributed by atoms with E-state index in [0.29, 0.717) is 12.8 Å². The van der Waals surface area contributed by atoms with Crippen molar-refractivity contribution in [3.63, 3.8) is 0 Å². The molecule has 0 aliphatic carbocycles. The van der Waals surface area contributed by atoms with Crippen molar-refractivity contribution in [3.8, 4) is 0 Å². The molecule has 6 fully saturated rings. The van der Waals surface area contributed by atoms with Crippen LogP contribution in [0.4, 0.5) is 0 Å². The predicted octanol–water partition coefficient (Wildman–Crippen LogP) is 3.28. The molecule has 0 bridgehead atoms. The Bertz CT molecular complexity index is 1940. The Morgan fingerprint density at radius 1 is 0.471 bits per heavy atom. The second-order valence-corrected chi connectivity index (χ2v) is 24.2. The smallest absolute Gasteiger partial charge is 0.306 e. The molecule has 6 aliphatic heterocycles.